The van der Waals surface area contributed by atoms with E-state index in [9.17, 15) is 9.59 Å². The van der Waals surface area contributed by atoms with Crippen LogP contribution >= 0.6 is 0 Å². The second kappa shape index (κ2) is 6.68. The Balaban J connectivity index is 1.25. The van der Waals surface area contributed by atoms with E-state index in [1.807, 2.05) is 35.9 Å². The van der Waals surface area contributed by atoms with Crippen LogP contribution in [0.5, 0.6) is 0 Å². The van der Waals surface area contributed by atoms with Crippen LogP contribution < -0.4 is 10.9 Å². The van der Waals surface area contributed by atoms with Crippen LogP contribution in [0.1, 0.15) is 45.4 Å². The molecule has 162 valence electrons. The van der Waals surface area contributed by atoms with E-state index in [-0.39, 0.29) is 29.5 Å². The maximum absolute atomic E-state index is 13.2. The van der Waals surface area contributed by atoms with Gasteiger partial charge in [-0.25, -0.2) is 4.68 Å². The molecule has 2 aromatic heterocycles. The Morgan fingerprint density at radius 1 is 1.13 bits per heavy atom. The molecular formula is C25H30N4O2. The van der Waals surface area contributed by atoms with Gasteiger partial charge in [-0.2, -0.15) is 5.10 Å². The lowest BCUT2D eigenvalue weighted by Crippen LogP contribution is -2.56. The minimum atomic E-state index is -0.214. The fourth-order valence-corrected chi connectivity index (χ4v) is 7.51. The first-order chi connectivity index (χ1) is 14.9. The number of nitrogens with zero attached hydrogens (tertiary/aromatic N) is 3. The van der Waals surface area contributed by atoms with Crippen LogP contribution in [0.3, 0.4) is 0 Å². The quantitative estimate of drug-likeness (QED) is 0.704. The van der Waals surface area contributed by atoms with E-state index in [2.05, 4.69) is 17.3 Å². The van der Waals surface area contributed by atoms with Gasteiger partial charge in [0.2, 0.25) is 5.91 Å². The van der Waals surface area contributed by atoms with Gasteiger partial charge in [0.15, 0.2) is 0 Å². The van der Waals surface area contributed by atoms with Gasteiger partial charge in [-0.3, -0.25) is 9.59 Å². The number of carbonyl (C=O) groups is 1. The second-order valence-corrected chi connectivity index (χ2v) is 10.5. The van der Waals surface area contributed by atoms with Gasteiger partial charge in [0.1, 0.15) is 12.1 Å². The molecule has 31 heavy (non-hydrogen) atoms. The first kappa shape index (κ1) is 19.1. The van der Waals surface area contributed by atoms with E-state index in [4.69, 9.17) is 0 Å². The molecule has 1 atom stereocenters. The molecule has 3 aromatic rings. The van der Waals surface area contributed by atoms with Crippen molar-refractivity contribution in [2.75, 3.05) is 0 Å². The fourth-order valence-electron chi connectivity index (χ4n) is 7.51. The molecule has 0 saturated heterocycles. The lowest BCUT2D eigenvalue weighted by molar-refractivity contribution is -0.126. The Hall–Kier alpha value is -2.63. The Bertz CT molecular complexity index is 1220. The molecule has 7 rings (SSSR count). The fraction of sp³-hybridized carbons (Fsp3) is 0.560. The Morgan fingerprint density at radius 2 is 1.77 bits per heavy atom. The number of benzene rings is 1. The van der Waals surface area contributed by atoms with Crippen molar-refractivity contribution in [3.05, 3.63) is 40.8 Å². The summed E-state index contributed by atoms with van der Waals surface area (Å²) >= 11 is 0. The predicted octanol–water partition coefficient (Wildman–Crippen LogP) is 3.61. The SMILES string of the molecule is C[C@H](NC(=O)Cn1ncc2c3ccccc3n(C)c2c1=O)C12CC3CC(CC(C3)C1)C2. The van der Waals surface area contributed by atoms with E-state index in [1.54, 1.807) is 6.20 Å². The van der Waals surface area contributed by atoms with E-state index in [0.29, 0.717) is 5.52 Å². The van der Waals surface area contributed by atoms with Gasteiger partial charge in [0.25, 0.3) is 5.56 Å². The molecule has 1 amide bonds. The van der Waals surface area contributed by atoms with Gasteiger partial charge in [-0.1, -0.05) is 18.2 Å². The number of amides is 1. The number of nitrogens with one attached hydrogen (secondary N) is 1. The number of para-hydroxylation sites is 1. The number of hydrogen-bond acceptors (Lipinski definition) is 3. The third kappa shape index (κ3) is 2.87. The zero-order valence-corrected chi connectivity index (χ0v) is 18.3. The Kier molecular flexibility index (Phi) is 4.11. The zero-order chi connectivity index (χ0) is 21.3. The van der Waals surface area contributed by atoms with Crippen LogP contribution in [-0.2, 0) is 18.4 Å². The van der Waals surface area contributed by atoms with Gasteiger partial charge < -0.3 is 9.88 Å². The number of aryl methyl sites for hydroxylation is 1. The average Bonchev–Trinajstić information content (AvgIpc) is 3.02. The van der Waals surface area contributed by atoms with Crippen LogP contribution in [0, 0.1) is 23.2 Å². The van der Waals surface area contributed by atoms with Gasteiger partial charge in [-0.05, 0) is 74.7 Å². The van der Waals surface area contributed by atoms with Gasteiger partial charge in [0.05, 0.1) is 6.20 Å². The Labute approximate surface area is 181 Å². The van der Waals surface area contributed by atoms with Gasteiger partial charge in [-0.15, -0.1) is 0 Å². The number of carbonyl (C=O) groups excluding carboxylic acids is 1. The van der Waals surface area contributed by atoms with E-state index in [0.717, 1.165) is 34.0 Å². The second-order valence-electron chi connectivity index (χ2n) is 10.5. The molecule has 4 bridgehead atoms. The molecule has 0 aliphatic heterocycles. The lowest BCUT2D eigenvalue weighted by atomic mass is 9.48. The molecule has 0 radical (unpaired) electrons. The highest BCUT2D eigenvalue weighted by Crippen LogP contribution is 2.61. The standard InChI is InChI=1S/C25H30N4O2/c1-15(25-10-16-7-17(11-25)9-18(8-16)12-25)27-22(30)14-29-24(31)23-20(13-26-29)19-5-3-4-6-21(19)28(23)2/h3-6,13,15-18H,7-12,14H2,1-2H3,(H,27,30)/t15-,16?,17?,18?,25?/m0/s1. The molecule has 1 aromatic carbocycles. The van der Waals surface area contributed by atoms with Crippen LogP contribution in [0.4, 0.5) is 0 Å². The van der Waals surface area contributed by atoms with Crippen LogP contribution in [0.15, 0.2) is 35.3 Å². The van der Waals surface area contributed by atoms with Crippen LogP contribution in [0.2, 0.25) is 0 Å². The minimum Gasteiger partial charge on any atom is -0.351 e. The molecule has 4 fully saturated rings. The highest BCUT2D eigenvalue weighted by Gasteiger charge is 2.53. The molecule has 4 aliphatic carbocycles. The summed E-state index contributed by atoms with van der Waals surface area (Å²) in [5.41, 5.74) is 1.63. The smallest absolute Gasteiger partial charge is 0.291 e. The van der Waals surface area contributed by atoms with Crippen molar-refractivity contribution in [1.29, 1.82) is 0 Å². The molecule has 0 unspecified atom stereocenters. The molecule has 4 saturated carbocycles. The molecule has 1 N–H and O–H groups in total. The largest absolute Gasteiger partial charge is 0.351 e. The monoisotopic (exact) mass is 418 g/mol. The van der Waals surface area contributed by atoms with Crippen molar-refractivity contribution in [2.24, 2.45) is 30.2 Å². The molecule has 6 nitrogen and oxygen atoms in total. The topological polar surface area (TPSA) is 68.9 Å². The van der Waals surface area contributed by atoms with Crippen molar-refractivity contribution in [1.82, 2.24) is 19.7 Å². The highest BCUT2D eigenvalue weighted by atomic mass is 16.2. The Morgan fingerprint density at radius 3 is 2.45 bits per heavy atom. The lowest BCUT2D eigenvalue weighted by Gasteiger charge is -2.59. The normalized spacial score (nSPS) is 30.2. The zero-order valence-electron chi connectivity index (χ0n) is 18.3. The summed E-state index contributed by atoms with van der Waals surface area (Å²) in [6, 6.07) is 8.08. The first-order valence-electron chi connectivity index (χ1n) is 11.7. The van der Waals surface area contributed by atoms with Crippen LogP contribution in [-0.4, -0.2) is 26.3 Å². The first-order valence-corrected chi connectivity index (χ1v) is 11.7. The average molecular weight is 419 g/mol. The van der Waals surface area contributed by atoms with Gasteiger partial charge in [0, 0.05) is 29.4 Å². The summed E-state index contributed by atoms with van der Waals surface area (Å²) in [6.45, 7) is 2.14. The molecule has 4 aliphatic rings. The summed E-state index contributed by atoms with van der Waals surface area (Å²) in [6.07, 6.45) is 9.65. The van der Waals surface area contributed by atoms with Crippen LogP contribution in [0.25, 0.3) is 21.8 Å². The van der Waals surface area contributed by atoms with Crippen molar-refractivity contribution >= 4 is 27.7 Å². The molecule has 2 heterocycles. The van der Waals surface area contributed by atoms with E-state index in [1.165, 1.54) is 43.2 Å². The predicted molar refractivity (Wildman–Crippen MR) is 121 cm³/mol. The molecule has 6 heteroatoms. The molecule has 0 spiro atoms. The number of aromatic nitrogens is 3. The maximum Gasteiger partial charge on any atom is 0.291 e. The molecular weight excluding hydrogens is 388 g/mol. The van der Waals surface area contributed by atoms with E-state index >= 15 is 0 Å². The third-order valence-corrected chi connectivity index (χ3v) is 8.58. The minimum absolute atomic E-state index is 0.0347. The van der Waals surface area contributed by atoms with Crippen molar-refractivity contribution in [3.8, 4) is 0 Å². The summed E-state index contributed by atoms with van der Waals surface area (Å²) in [5, 5.41) is 9.44. The summed E-state index contributed by atoms with van der Waals surface area (Å²) in [4.78, 5) is 26.1. The van der Waals surface area contributed by atoms with Crippen molar-refractivity contribution in [2.45, 2.75) is 58.0 Å². The number of rotatable bonds is 4. The summed E-state index contributed by atoms with van der Waals surface area (Å²) < 4.78 is 3.21. The summed E-state index contributed by atoms with van der Waals surface area (Å²) in [7, 11) is 1.89. The van der Waals surface area contributed by atoms with Gasteiger partial charge >= 0.3 is 0 Å². The summed E-state index contributed by atoms with van der Waals surface area (Å²) in [5.74, 6) is 2.44. The third-order valence-electron chi connectivity index (χ3n) is 8.58. The van der Waals surface area contributed by atoms with Crippen molar-refractivity contribution < 1.29 is 4.79 Å². The van der Waals surface area contributed by atoms with E-state index < -0.39 is 0 Å². The van der Waals surface area contributed by atoms with Crippen molar-refractivity contribution in [3.63, 3.8) is 0 Å². The highest BCUT2D eigenvalue weighted by molar-refractivity contribution is 6.07. The number of fused-ring (bicyclic) bond motifs is 3. The number of hydrogen-bond donors (Lipinski definition) is 1. The maximum atomic E-state index is 13.2.